The van der Waals surface area contributed by atoms with Crippen LogP contribution in [0.3, 0.4) is 0 Å². The van der Waals surface area contributed by atoms with Crippen LogP contribution in [-0.4, -0.2) is 30.5 Å². The van der Waals surface area contributed by atoms with E-state index in [1.807, 2.05) is 20.8 Å². The lowest BCUT2D eigenvalue weighted by Crippen LogP contribution is -2.25. The number of aromatic nitrogens is 1. The number of rotatable bonds is 8. The third-order valence-corrected chi connectivity index (χ3v) is 4.22. The number of hydrogen-bond acceptors (Lipinski definition) is 8. The molecule has 1 heterocycles. The first-order chi connectivity index (χ1) is 13.8. The van der Waals surface area contributed by atoms with Crippen LogP contribution < -0.4 is 21.1 Å². The fraction of sp³-hybridized carbons (Fsp3) is 0.350. The number of para-hydroxylation sites is 1. The van der Waals surface area contributed by atoms with Crippen LogP contribution in [0.2, 0.25) is 0 Å². The van der Waals surface area contributed by atoms with Gasteiger partial charge in [0.25, 0.3) is 0 Å². The number of benzene rings is 1. The maximum Gasteiger partial charge on any atom is 0.314 e. The first-order valence-electron chi connectivity index (χ1n) is 9.25. The Balaban J connectivity index is 2.16. The molecule has 0 fully saturated rings. The van der Waals surface area contributed by atoms with Gasteiger partial charge in [-0.05, 0) is 37.2 Å². The first-order valence-corrected chi connectivity index (χ1v) is 9.25. The van der Waals surface area contributed by atoms with Crippen molar-refractivity contribution in [3.63, 3.8) is 0 Å². The smallest absolute Gasteiger partial charge is 0.314 e. The number of azo groups is 1. The number of amides is 1. The summed E-state index contributed by atoms with van der Waals surface area (Å²) in [4.78, 5) is 27.9. The Bertz CT molecular complexity index is 898. The van der Waals surface area contributed by atoms with E-state index in [4.69, 9.17) is 10.5 Å². The standard InChI is InChI=1S/C20H26N6O3/c1-12(2)13(3)20(28)29-16-8-6-5-7-14(16)25-26-15-9-10-17(24-19(15)21)23-18(27)11-22-4/h5-10,12-13,22H,11H2,1-4H3,(H3,21,23,24,27)/t13-/m0/s1. The van der Waals surface area contributed by atoms with E-state index in [9.17, 15) is 9.59 Å². The number of carbonyl (C=O) groups excluding carboxylic acids is 2. The van der Waals surface area contributed by atoms with Crippen molar-refractivity contribution >= 4 is 34.9 Å². The lowest BCUT2D eigenvalue weighted by atomic mass is 9.99. The Hall–Kier alpha value is -3.33. The van der Waals surface area contributed by atoms with Crippen LogP contribution in [0.25, 0.3) is 0 Å². The summed E-state index contributed by atoms with van der Waals surface area (Å²) >= 11 is 0. The molecule has 1 atom stereocenters. The number of anilines is 2. The molecule has 0 radical (unpaired) electrons. The van der Waals surface area contributed by atoms with Crippen LogP contribution in [0.15, 0.2) is 46.6 Å². The molecule has 4 N–H and O–H groups in total. The normalized spacial score (nSPS) is 12.2. The lowest BCUT2D eigenvalue weighted by molar-refractivity contribution is -0.139. The molecule has 2 rings (SSSR count). The van der Waals surface area contributed by atoms with Crippen molar-refractivity contribution in [1.29, 1.82) is 0 Å². The summed E-state index contributed by atoms with van der Waals surface area (Å²) in [6.07, 6.45) is 0. The molecule has 29 heavy (non-hydrogen) atoms. The van der Waals surface area contributed by atoms with Gasteiger partial charge in [-0.2, -0.15) is 0 Å². The van der Waals surface area contributed by atoms with Crippen molar-refractivity contribution in [1.82, 2.24) is 10.3 Å². The maximum absolute atomic E-state index is 12.2. The van der Waals surface area contributed by atoms with E-state index < -0.39 is 0 Å². The Morgan fingerprint density at radius 1 is 1.10 bits per heavy atom. The van der Waals surface area contributed by atoms with E-state index in [1.165, 1.54) is 0 Å². The van der Waals surface area contributed by atoms with Gasteiger partial charge < -0.3 is 21.1 Å². The van der Waals surface area contributed by atoms with E-state index in [-0.39, 0.29) is 36.1 Å². The minimum Gasteiger partial charge on any atom is -0.424 e. The summed E-state index contributed by atoms with van der Waals surface area (Å²) in [6, 6.07) is 10.0. The van der Waals surface area contributed by atoms with Crippen LogP contribution in [0, 0.1) is 11.8 Å². The second-order valence-electron chi connectivity index (χ2n) is 6.80. The fourth-order valence-corrected chi connectivity index (χ4v) is 2.18. The third-order valence-electron chi connectivity index (χ3n) is 4.22. The van der Waals surface area contributed by atoms with Gasteiger partial charge in [-0.15, -0.1) is 10.2 Å². The molecule has 1 aromatic carbocycles. The van der Waals surface area contributed by atoms with Crippen molar-refractivity contribution in [3.8, 4) is 5.75 Å². The molecule has 0 aliphatic heterocycles. The highest BCUT2D eigenvalue weighted by atomic mass is 16.5. The van der Waals surface area contributed by atoms with Crippen molar-refractivity contribution < 1.29 is 14.3 Å². The Labute approximate surface area is 169 Å². The van der Waals surface area contributed by atoms with Crippen LogP contribution in [0.5, 0.6) is 5.75 Å². The van der Waals surface area contributed by atoms with Gasteiger partial charge in [-0.25, -0.2) is 4.98 Å². The number of likely N-dealkylation sites (N-methyl/N-ethyl adjacent to an activating group) is 1. The van der Waals surface area contributed by atoms with Gasteiger partial charge in [-0.1, -0.05) is 32.9 Å². The molecule has 9 heteroatoms. The van der Waals surface area contributed by atoms with Crippen molar-refractivity contribution in [3.05, 3.63) is 36.4 Å². The largest absolute Gasteiger partial charge is 0.424 e. The van der Waals surface area contributed by atoms with Gasteiger partial charge in [0.2, 0.25) is 5.91 Å². The predicted octanol–water partition coefficient (Wildman–Crippen LogP) is 3.43. The van der Waals surface area contributed by atoms with E-state index in [0.717, 1.165) is 0 Å². The number of nitrogens with zero attached hydrogens (tertiary/aromatic N) is 3. The molecule has 0 aliphatic rings. The second kappa shape index (κ2) is 10.3. The average Bonchev–Trinajstić information content (AvgIpc) is 2.67. The quantitative estimate of drug-likeness (QED) is 0.355. The summed E-state index contributed by atoms with van der Waals surface area (Å²) in [5.41, 5.74) is 6.63. The van der Waals surface area contributed by atoms with Crippen molar-refractivity contribution in [2.24, 2.45) is 22.1 Å². The Kier molecular flexibility index (Phi) is 7.79. The highest BCUT2D eigenvalue weighted by molar-refractivity contribution is 5.91. The van der Waals surface area contributed by atoms with Gasteiger partial charge in [0.05, 0.1) is 12.5 Å². The molecule has 1 aromatic heterocycles. The monoisotopic (exact) mass is 398 g/mol. The molecule has 9 nitrogen and oxygen atoms in total. The number of carbonyl (C=O) groups is 2. The van der Waals surface area contributed by atoms with Crippen molar-refractivity contribution in [2.75, 3.05) is 24.6 Å². The zero-order valence-corrected chi connectivity index (χ0v) is 17.0. The molecule has 0 unspecified atom stereocenters. The zero-order chi connectivity index (χ0) is 21.4. The third kappa shape index (κ3) is 6.35. The number of pyridine rings is 1. The molecule has 1 amide bonds. The lowest BCUT2D eigenvalue weighted by Gasteiger charge is -2.14. The minimum atomic E-state index is -0.328. The number of esters is 1. The fourth-order valence-electron chi connectivity index (χ4n) is 2.18. The molecule has 0 aliphatic carbocycles. The molecular weight excluding hydrogens is 372 g/mol. The number of nitrogens with two attached hydrogens (primary N) is 1. The summed E-state index contributed by atoms with van der Waals surface area (Å²) in [7, 11) is 1.67. The summed E-state index contributed by atoms with van der Waals surface area (Å²) < 4.78 is 5.48. The molecule has 154 valence electrons. The Morgan fingerprint density at radius 3 is 2.45 bits per heavy atom. The van der Waals surface area contributed by atoms with Crippen LogP contribution in [-0.2, 0) is 9.59 Å². The molecule has 0 bridgehead atoms. The van der Waals surface area contributed by atoms with Gasteiger partial charge in [0, 0.05) is 0 Å². The topological polar surface area (TPSA) is 131 Å². The van der Waals surface area contributed by atoms with Gasteiger partial charge in [0.15, 0.2) is 11.6 Å². The molecule has 0 spiro atoms. The van der Waals surface area contributed by atoms with Crippen LogP contribution >= 0.6 is 0 Å². The van der Waals surface area contributed by atoms with E-state index in [0.29, 0.717) is 22.9 Å². The van der Waals surface area contributed by atoms with E-state index >= 15 is 0 Å². The first kappa shape index (κ1) is 22.0. The molecular formula is C20H26N6O3. The predicted molar refractivity (Wildman–Crippen MR) is 111 cm³/mol. The summed E-state index contributed by atoms with van der Waals surface area (Å²) in [5, 5.41) is 13.6. The van der Waals surface area contributed by atoms with Gasteiger partial charge in [-0.3, -0.25) is 9.59 Å². The highest BCUT2D eigenvalue weighted by Gasteiger charge is 2.20. The van der Waals surface area contributed by atoms with Gasteiger partial charge in [0.1, 0.15) is 17.2 Å². The molecule has 0 saturated heterocycles. The maximum atomic E-state index is 12.2. The van der Waals surface area contributed by atoms with E-state index in [1.54, 1.807) is 43.4 Å². The molecule has 0 saturated carbocycles. The number of ether oxygens (including phenoxy) is 1. The average molecular weight is 398 g/mol. The Morgan fingerprint density at radius 2 is 1.79 bits per heavy atom. The van der Waals surface area contributed by atoms with Crippen molar-refractivity contribution in [2.45, 2.75) is 20.8 Å². The van der Waals surface area contributed by atoms with Gasteiger partial charge >= 0.3 is 5.97 Å². The van der Waals surface area contributed by atoms with E-state index in [2.05, 4.69) is 25.8 Å². The second-order valence-corrected chi connectivity index (χ2v) is 6.80. The van der Waals surface area contributed by atoms with Crippen LogP contribution in [0.4, 0.5) is 23.0 Å². The number of nitrogens with one attached hydrogen (secondary N) is 2. The highest BCUT2D eigenvalue weighted by Crippen LogP contribution is 2.31. The molecule has 2 aromatic rings. The zero-order valence-electron chi connectivity index (χ0n) is 17.0. The van der Waals surface area contributed by atoms with Crippen LogP contribution in [0.1, 0.15) is 20.8 Å². The minimum absolute atomic E-state index is 0.110. The number of hydrogen-bond donors (Lipinski definition) is 3. The SMILES string of the molecule is CNCC(=O)Nc1ccc(N=Nc2ccccc2OC(=O)[C@@H](C)C(C)C)c(N)n1. The summed E-state index contributed by atoms with van der Waals surface area (Å²) in [6.45, 7) is 5.89. The summed E-state index contributed by atoms with van der Waals surface area (Å²) in [5.74, 6) is 0.0965. The number of nitrogen functional groups attached to an aromatic ring is 1.